The number of halogens is 1. The van der Waals surface area contributed by atoms with Crippen LogP contribution in [-0.2, 0) is 4.74 Å². The number of amides is 1. The fourth-order valence-corrected chi connectivity index (χ4v) is 3.42. The summed E-state index contributed by atoms with van der Waals surface area (Å²) in [7, 11) is 0. The molecule has 2 aromatic heterocycles. The van der Waals surface area contributed by atoms with E-state index in [2.05, 4.69) is 15.3 Å². The van der Waals surface area contributed by atoms with Crippen molar-refractivity contribution in [3.05, 3.63) is 35.1 Å². The summed E-state index contributed by atoms with van der Waals surface area (Å²) in [6, 6.07) is 7.41. The van der Waals surface area contributed by atoms with Crippen LogP contribution < -0.4 is 0 Å². The Bertz CT molecular complexity index is 871. The van der Waals surface area contributed by atoms with Crippen LogP contribution in [0.25, 0.3) is 15.5 Å². The third-order valence-electron chi connectivity index (χ3n) is 3.55. The minimum absolute atomic E-state index is 0.177. The van der Waals surface area contributed by atoms with Gasteiger partial charge in [0.25, 0.3) is 5.91 Å². The number of ether oxygens (including phenoxy) is 1. The molecular formula is C14H12ClN5O2S. The van der Waals surface area contributed by atoms with Gasteiger partial charge in [-0.3, -0.25) is 4.79 Å². The Balaban J connectivity index is 1.70. The summed E-state index contributed by atoms with van der Waals surface area (Å²) in [5.41, 5.74) is 0.887. The van der Waals surface area contributed by atoms with Gasteiger partial charge in [-0.05, 0) is 12.1 Å². The molecule has 9 heteroatoms. The predicted octanol–water partition coefficient (Wildman–Crippen LogP) is 1.98. The lowest BCUT2D eigenvalue weighted by atomic mass is 10.2. The number of rotatable bonds is 2. The molecule has 1 saturated heterocycles. The first-order valence-corrected chi connectivity index (χ1v) is 8.27. The van der Waals surface area contributed by atoms with E-state index < -0.39 is 0 Å². The lowest BCUT2D eigenvalue weighted by Gasteiger charge is -2.25. The van der Waals surface area contributed by atoms with Crippen molar-refractivity contribution in [2.24, 2.45) is 0 Å². The van der Waals surface area contributed by atoms with Crippen LogP contribution in [0.5, 0.6) is 0 Å². The molecule has 0 N–H and O–H groups in total. The lowest BCUT2D eigenvalue weighted by molar-refractivity contribution is 0.0293. The average molecular weight is 350 g/mol. The summed E-state index contributed by atoms with van der Waals surface area (Å²) in [4.78, 5) is 14.9. The van der Waals surface area contributed by atoms with Gasteiger partial charge in [-0.25, -0.2) is 0 Å². The summed E-state index contributed by atoms with van der Waals surface area (Å²) in [6.45, 7) is 2.19. The van der Waals surface area contributed by atoms with Crippen molar-refractivity contribution < 1.29 is 9.53 Å². The van der Waals surface area contributed by atoms with E-state index in [1.54, 1.807) is 11.0 Å². The second kappa shape index (κ2) is 5.88. The van der Waals surface area contributed by atoms with E-state index in [1.807, 2.05) is 18.2 Å². The summed E-state index contributed by atoms with van der Waals surface area (Å²) in [5.74, 6) is 0.0511. The van der Waals surface area contributed by atoms with Crippen molar-refractivity contribution in [3.63, 3.8) is 0 Å². The molecule has 0 radical (unpaired) electrons. The van der Waals surface area contributed by atoms with Crippen LogP contribution in [0.15, 0.2) is 24.3 Å². The van der Waals surface area contributed by atoms with Gasteiger partial charge >= 0.3 is 0 Å². The van der Waals surface area contributed by atoms with Crippen LogP contribution in [0.2, 0.25) is 5.02 Å². The maximum atomic E-state index is 12.6. The monoisotopic (exact) mass is 349 g/mol. The molecule has 0 saturated carbocycles. The highest BCUT2D eigenvalue weighted by Gasteiger charge is 2.25. The molecule has 118 valence electrons. The molecule has 1 amide bonds. The van der Waals surface area contributed by atoms with Crippen molar-refractivity contribution in [3.8, 4) is 10.6 Å². The number of morpholine rings is 1. The summed E-state index contributed by atoms with van der Waals surface area (Å²) < 4.78 is 6.76. The van der Waals surface area contributed by atoms with Crippen molar-refractivity contribution >= 4 is 33.8 Å². The fourth-order valence-electron chi connectivity index (χ4n) is 2.40. The second-order valence-electron chi connectivity index (χ2n) is 5.04. The molecule has 0 bridgehead atoms. The third-order valence-corrected chi connectivity index (χ3v) is 4.73. The molecule has 23 heavy (non-hydrogen) atoms. The van der Waals surface area contributed by atoms with Gasteiger partial charge in [0, 0.05) is 23.7 Å². The molecule has 0 atom stereocenters. The number of aromatic nitrogens is 4. The Morgan fingerprint density at radius 3 is 2.87 bits per heavy atom. The van der Waals surface area contributed by atoms with Crippen LogP contribution in [0.1, 0.15) is 10.6 Å². The van der Waals surface area contributed by atoms with Crippen LogP contribution in [0.3, 0.4) is 0 Å². The van der Waals surface area contributed by atoms with Gasteiger partial charge in [0.15, 0.2) is 0 Å². The third kappa shape index (κ3) is 2.69. The van der Waals surface area contributed by atoms with Gasteiger partial charge in [0.2, 0.25) is 10.8 Å². The number of hydrogen-bond donors (Lipinski definition) is 0. The van der Waals surface area contributed by atoms with Crippen LogP contribution in [0.4, 0.5) is 0 Å². The molecule has 3 heterocycles. The van der Waals surface area contributed by atoms with E-state index in [0.29, 0.717) is 36.3 Å². The van der Waals surface area contributed by atoms with E-state index >= 15 is 0 Å². The molecule has 0 aliphatic carbocycles. The lowest BCUT2D eigenvalue weighted by Crippen LogP contribution is -2.41. The van der Waals surface area contributed by atoms with E-state index in [4.69, 9.17) is 16.3 Å². The van der Waals surface area contributed by atoms with E-state index in [-0.39, 0.29) is 11.7 Å². The molecule has 7 nitrogen and oxygen atoms in total. The van der Waals surface area contributed by atoms with Crippen LogP contribution >= 0.6 is 22.9 Å². The molecular weight excluding hydrogens is 338 g/mol. The van der Waals surface area contributed by atoms with Gasteiger partial charge in [-0.15, -0.1) is 10.2 Å². The van der Waals surface area contributed by atoms with Crippen molar-refractivity contribution in [1.29, 1.82) is 0 Å². The van der Waals surface area contributed by atoms with Gasteiger partial charge < -0.3 is 9.64 Å². The van der Waals surface area contributed by atoms with Crippen molar-refractivity contribution in [2.75, 3.05) is 26.3 Å². The highest BCUT2D eigenvalue weighted by atomic mass is 35.5. The first-order valence-electron chi connectivity index (χ1n) is 7.07. The highest BCUT2D eigenvalue weighted by Crippen LogP contribution is 2.27. The molecule has 4 rings (SSSR count). The van der Waals surface area contributed by atoms with Crippen molar-refractivity contribution in [1.82, 2.24) is 24.7 Å². The topological polar surface area (TPSA) is 72.6 Å². The molecule has 1 aromatic carbocycles. The highest BCUT2D eigenvalue weighted by molar-refractivity contribution is 7.19. The van der Waals surface area contributed by atoms with Gasteiger partial charge in [-0.1, -0.05) is 35.1 Å². The predicted molar refractivity (Wildman–Crippen MR) is 85.8 cm³/mol. The number of nitrogens with zero attached hydrogens (tertiary/aromatic N) is 5. The smallest absolute Gasteiger partial charge is 0.293 e. The zero-order valence-corrected chi connectivity index (χ0v) is 13.5. The number of benzene rings is 1. The Kier molecular flexibility index (Phi) is 3.72. The standard InChI is InChI=1S/C14H12ClN5O2S/c15-10-3-1-2-9(8-10)12-18-20-11(16-17-14(20)23-12)13(21)19-4-6-22-7-5-19/h1-3,8H,4-7H2. The molecule has 1 aliphatic rings. The Morgan fingerprint density at radius 1 is 1.26 bits per heavy atom. The molecule has 0 spiro atoms. The quantitative estimate of drug-likeness (QED) is 0.707. The Hall–Kier alpha value is -2.03. The Morgan fingerprint density at radius 2 is 2.09 bits per heavy atom. The van der Waals surface area contributed by atoms with E-state index in [0.717, 1.165) is 10.6 Å². The fraction of sp³-hybridized carbons (Fsp3) is 0.286. The average Bonchev–Trinajstić information content (AvgIpc) is 3.15. The van der Waals surface area contributed by atoms with Crippen molar-refractivity contribution in [2.45, 2.75) is 0 Å². The number of carbonyl (C=O) groups excluding carboxylic acids is 1. The molecule has 1 aliphatic heterocycles. The van der Waals surface area contributed by atoms with Gasteiger partial charge in [0.1, 0.15) is 5.01 Å². The Labute approximate surface area is 140 Å². The summed E-state index contributed by atoms with van der Waals surface area (Å²) >= 11 is 7.39. The van der Waals surface area contributed by atoms with E-state index in [1.165, 1.54) is 15.9 Å². The summed E-state index contributed by atoms with van der Waals surface area (Å²) in [5, 5.41) is 13.9. The maximum absolute atomic E-state index is 12.6. The van der Waals surface area contributed by atoms with E-state index in [9.17, 15) is 4.79 Å². The number of carbonyl (C=O) groups is 1. The van der Waals surface area contributed by atoms with Crippen LogP contribution in [0, 0.1) is 0 Å². The first kappa shape index (κ1) is 14.6. The molecule has 3 aromatic rings. The zero-order chi connectivity index (χ0) is 15.8. The SMILES string of the molecule is O=C(c1nnc2sc(-c3cccc(Cl)c3)nn12)N1CCOCC1. The normalized spacial score (nSPS) is 15.3. The largest absolute Gasteiger partial charge is 0.378 e. The zero-order valence-electron chi connectivity index (χ0n) is 12.0. The number of hydrogen-bond acceptors (Lipinski definition) is 6. The first-order chi connectivity index (χ1) is 11.2. The minimum Gasteiger partial charge on any atom is -0.378 e. The second-order valence-corrected chi connectivity index (χ2v) is 6.43. The summed E-state index contributed by atoms with van der Waals surface area (Å²) in [6.07, 6.45) is 0. The van der Waals surface area contributed by atoms with Crippen LogP contribution in [-0.4, -0.2) is 56.9 Å². The molecule has 0 unspecified atom stereocenters. The van der Waals surface area contributed by atoms with Gasteiger partial charge in [-0.2, -0.15) is 9.61 Å². The number of fused-ring (bicyclic) bond motifs is 1. The minimum atomic E-state index is -0.177. The molecule has 1 fully saturated rings. The van der Waals surface area contributed by atoms with Gasteiger partial charge in [0.05, 0.1) is 13.2 Å². The maximum Gasteiger partial charge on any atom is 0.293 e.